The predicted molar refractivity (Wildman–Crippen MR) is 223 cm³/mol. The van der Waals surface area contributed by atoms with E-state index in [9.17, 15) is 14.7 Å². The van der Waals surface area contributed by atoms with Crippen LogP contribution in [0, 0.1) is 11.8 Å². The van der Waals surface area contributed by atoms with Gasteiger partial charge in [-0.3, -0.25) is 9.59 Å². The van der Waals surface area contributed by atoms with Crippen molar-refractivity contribution in [3.63, 3.8) is 0 Å². The number of carbonyl (C=O) groups excluding carboxylic acids is 2. The number of hydrogen-bond donors (Lipinski definition) is 1. The van der Waals surface area contributed by atoms with Crippen LogP contribution in [0.5, 0.6) is 0 Å². The number of rotatable bonds is 42. The van der Waals surface area contributed by atoms with E-state index in [2.05, 4.69) is 32.6 Å². The van der Waals surface area contributed by atoms with E-state index in [0.29, 0.717) is 37.9 Å². The van der Waals surface area contributed by atoms with Gasteiger partial charge >= 0.3 is 11.9 Å². The van der Waals surface area contributed by atoms with E-state index in [1.165, 1.54) is 148 Å². The fourth-order valence-corrected chi connectivity index (χ4v) is 7.35. The van der Waals surface area contributed by atoms with Gasteiger partial charge in [0, 0.05) is 26.0 Å². The molecule has 310 valence electrons. The summed E-state index contributed by atoms with van der Waals surface area (Å²) in [7, 11) is 0. The first kappa shape index (κ1) is 50.9. The number of carbonyl (C=O) groups is 2. The Labute approximate surface area is 324 Å². The normalized spacial score (nSPS) is 12.7. The van der Waals surface area contributed by atoms with Gasteiger partial charge in [-0.1, -0.05) is 163 Å². The lowest BCUT2D eigenvalue weighted by atomic mass is 9.95. The summed E-state index contributed by atoms with van der Waals surface area (Å²) in [6.07, 6.45) is 37.1. The number of ether oxygens (including phenoxy) is 2. The Hall–Kier alpha value is -1.14. The van der Waals surface area contributed by atoms with Crippen LogP contribution < -0.4 is 0 Å². The Morgan fingerprint density at radius 3 is 1.10 bits per heavy atom. The second-order valence-electron chi connectivity index (χ2n) is 16.1. The zero-order valence-electron chi connectivity index (χ0n) is 35.6. The lowest BCUT2D eigenvalue weighted by molar-refractivity contribution is -0.146. The van der Waals surface area contributed by atoms with Gasteiger partial charge in [-0.2, -0.15) is 0 Å². The molecular formula is C46H91NO5. The number of unbranched alkanes of at least 4 members (excludes halogenated alkanes) is 19. The van der Waals surface area contributed by atoms with Crippen molar-refractivity contribution < 1.29 is 24.2 Å². The molecule has 0 heterocycles. The van der Waals surface area contributed by atoms with E-state index in [1.54, 1.807) is 0 Å². The molecule has 6 nitrogen and oxygen atoms in total. The quantitative estimate of drug-likeness (QED) is 0.0496. The minimum Gasteiger partial charge on any atom is -0.465 e. The summed E-state index contributed by atoms with van der Waals surface area (Å²) >= 11 is 0. The lowest BCUT2D eigenvalue weighted by Crippen LogP contribution is -2.28. The van der Waals surface area contributed by atoms with E-state index in [1.807, 2.05) is 0 Å². The highest BCUT2D eigenvalue weighted by molar-refractivity contribution is 5.69. The first-order valence-corrected chi connectivity index (χ1v) is 23.1. The number of hydrogen-bond acceptors (Lipinski definition) is 6. The molecule has 0 aromatic rings. The summed E-state index contributed by atoms with van der Waals surface area (Å²) in [6, 6.07) is 0. The van der Waals surface area contributed by atoms with Crippen molar-refractivity contribution in [3.8, 4) is 0 Å². The molecule has 0 aliphatic carbocycles. The molecule has 0 saturated heterocycles. The highest BCUT2D eigenvalue weighted by Crippen LogP contribution is 2.21. The smallest absolute Gasteiger partial charge is 0.305 e. The van der Waals surface area contributed by atoms with Gasteiger partial charge in [-0.25, -0.2) is 0 Å². The fourth-order valence-electron chi connectivity index (χ4n) is 7.35. The van der Waals surface area contributed by atoms with Gasteiger partial charge < -0.3 is 19.5 Å². The Morgan fingerprint density at radius 1 is 0.423 bits per heavy atom. The zero-order valence-corrected chi connectivity index (χ0v) is 35.6. The first-order chi connectivity index (χ1) is 25.5. The maximum Gasteiger partial charge on any atom is 0.305 e. The molecule has 0 rings (SSSR count). The number of esters is 2. The molecule has 0 aliphatic rings. The van der Waals surface area contributed by atoms with Gasteiger partial charge in [0.2, 0.25) is 0 Å². The fraction of sp³-hybridized carbons (Fsp3) is 0.957. The topological polar surface area (TPSA) is 76.1 Å². The van der Waals surface area contributed by atoms with Crippen molar-refractivity contribution in [2.24, 2.45) is 11.8 Å². The van der Waals surface area contributed by atoms with Crippen LogP contribution in [-0.2, 0) is 19.1 Å². The van der Waals surface area contributed by atoms with E-state index >= 15 is 0 Å². The first-order valence-electron chi connectivity index (χ1n) is 23.1. The monoisotopic (exact) mass is 738 g/mol. The van der Waals surface area contributed by atoms with Crippen LogP contribution in [0.3, 0.4) is 0 Å². The van der Waals surface area contributed by atoms with Gasteiger partial charge in [0.15, 0.2) is 0 Å². The van der Waals surface area contributed by atoms with E-state index < -0.39 is 0 Å². The van der Waals surface area contributed by atoms with Gasteiger partial charge in [-0.05, 0) is 82.7 Å². The summed E-state index contributed by atoms with van der Waals surface area (Å²) in [6.45, 7) is 13.3. The summed E-state index contributed by atoms with van der Waals surface area (Å²) in [5, 5.41) is 9.42. The molecule has 0 saturated carbocycles. The molecule has 1 N–H and O–H groups in total. The van der Waals surface area contributed by atoms with E-state index in [-0.39, 0.29) is 18.5 Å². The molecule has 0 spiro atoms. The minimum absolute atomic E-state index is 0.0259. The summed E-state index contributed by atoms with van der Waals surface area (Å²) < 4.78 is 11.6. The van der Waals surface area contributed by atoms with Gasteiger partial charge in [-0.15, -0.1) is 0 Å². The van der Waals surface area contributed by atoms with Crippen molar-refractivity contribution in [1.82, 2.24) is 4.90 Å². The maximum absolute atomic E-state index is 12.6. The molecule has 0 aromatic heterocycles. The maximum atomic E-state index is 12.6. The van der Waals surface area contributed by atoms with Gasteiger partial charge in [0.25, 0.3) is 0 Å². The number of aliphatic hydroxyl groups excluding tert-OH is 1. The third-order valence-corrected chi connectivity index (χ3v) is 10.9. The second-order valence-corrected chi connectivity index (χ2v) is 16.1. The number of nitrogens with zero attached hydrogens (tertiary/aromatic N) is 1. The minimum atomic E-state index is -0.0273. The van der Waals surface area contributed by atoms with Crippen LogP contribution in [0.1, 0.15) is 233 Å². The Morgan fingerprint density at radius 2 is 0.731 bits per heavy atom. The van der Waals surface area contributed by atoms with Crippen molar-refractivity contribution in [2.45, 2.75) is 233 Å². The molecule has 0 fully saturated rings. The molecule has 0 aromatic carbocycles. The molecule has 2 atom stereocenters. The molecular weight excluding hydrogens is 647 g/mol. The Kier molecular flexibility index (Phi) is 40.1. The largest absolute Gasteiger partial charge is 0.465 e. The zero-order chi connectivity index (χ0) is 38.2. The van der Waals surface area contributed by atoms with Crippen LogP contribution >= 0.6 is 0 Å². The number of aliphatic hydroxyl groups is 1. The summed E-state index contributed by atoms with van der Waals surface area (Å²) in [5.74, 6) is 0.984. The molecule has 52 heavy (non-hydrogen) atoms. The lowest BCUT2D eigenvalue weighted by Gasteiger charge is -2.22. The second kappa shape index (κ2) is 41.0. The van der Waals surface area contributed by atoms with Gasteiger partial charge in [0.1, 0.15) is 0 Å². The van der Waals surface area contributed by atoms with Gasteiger partial charge in [0.05, 0.1) is 13.2 Å². The molecule has 0 radical (unpaired) electrons. The van der Waals surface area contributed by atoms with E-state index in [0.717, 1.165) is 64.6 Å². The average molecular weight is 738 g/mol. The summed E-state index contributed by atoms with van der Waals surface area (Å²) in [4.78, 5) is 27.6. The van der Waals surface area contributed by atoms with Crippen LogP contribution in [0.15, 0.2) is 0 Å². The molecule has 0 aliphatic heterocycles. The Balaban J connectivity index is 4.30. The van der Waals surface area contributed by atoms with Crippen molar-refractivity contribution >= 4 is 11.9 Å². The van der Waals surface area contributed by atoms with Crippen LogP contribution in [0.2, 0.25) is 0 Å². The van der Waals surface area contributed by atoms with E-state index in [4.69, 9.17) is 9.47 Å². The highest BCUT2D eigenvalue weighted by Gasteiger charge is 2.14. The molecule has 6 heteroatoms. The summed E-state index contributed by atoms with van der Waals surface area (Å²) in [5.41, 5.74) is 0. The van der Waals surface area contributed by atoms with Crippen LogP contribution in [0.25, 0.3) is 0 Å². The van der Waals surface area contributed by atoms with Crippen molar-refractivity contribution in [3.05, 3.63) is 0 Å². The third kappa shape index (κ3) is 35.9. The van der Waals surface area contributed by atoms with Crippen molar-refractivity contribution in [1.29, 1.82) is 0 Å². The molecule has 2 unspecified atom stereocenters. The standard InChI is InChI=1S/C46H91NO5/c1-5-9-13-17-19-25-34-44(32-23-16-12-8-4)42-52-46(50)36-27-21-29-38-47(39-30-40-48)37-28-20-26-35-45(49)51-41-43(31-22-15-11-7-3)33-24-18-14-10-6-2/h43-44,48H,5-42H2,1-4H3. The van der Waals surface area contributed by atoms with Crippen LogP contribution in [-0.4, -0.2) is 61.4 Å². The van der Waals surface area contributed by atoms with Crippen molar-refractivity contribution in [2.75, 3.05) is 39.5 Å². The Bertz CT molecular complexity index is 746. The molecule has 0 bridgehead atoms. The third-order valence-electron chi connectivity index (χ3n) is 10.9. The SMILES string of the molecule is CCCCCCCCC(CCCCCC)COC(=O)CCCCCN(CCCO)CCCCCC(=O)OCC(CCCCCC)CCCCCCC. The predicted octanol–water partition coefficient (Wildman–Crippen LogP) is 13.2. The average Bonchev–Trinajstić information content (AvgIpc) is 3.15. The highest BCUT2D eigenvalue weighted by atomic mass is 16.5. The van der Waals surface area contributed by atoms with Crippen LogP contribution in [0.4, 0.5) is 0 Å². The molecule has 0 amide bonds.